The van der Waals surface area contributed by atoms with Crippen LogP contribution in [0.4, 0.5) is 0 Å². The third kappa shape index (κ3) is 3.63. The van der Waals surface area contributed by atoms with E-state index in [1.54, 1.807) is 7.11 Å². The second-order valence-corrected chi connectivity index (χ2v) is 5.93. The van der Waals surface area contributed by atoms with Crippen LogP contribution in [0.5, 0.6) is 0 Å². The van der Waals surface area contributed by atoms with Gasteiger partial charge in [0.05, 0.1) is 16.1 Å². The second-order valence-electron chi connectivity index (χ2n) is 5.11. The highest BCUT2D eigenvalue weighted by Gasteiger charge is 2.28. The topological polar surface area (TPSA) is 21.3 Å². The van der Waals surface area contributed by atoms with Gasteiger partial charge in [0.25, 0.3) is 0 Å². The van der Waals surface area contributed by atoms with Crippen molar-refractivity contribution in [2.75, 3.05) is 7.11 Å². The van der Waals surface area contributed by atoms with Crippen LogP contribution in [-0.2, 0) is 4.74 Å². The fourth-order valence-electron chi connectivity index (χ4n) is 2.84. The van der Waals surface area contributed by atoms with E-state index in [9.17, 15) is 0 Å². The predicted octanol–water partition coefficient (Wildman–Crippen LogP) is 4.60. The molecule has 0 saturated heterocycles. The van der Waals surface area contributed by atoms with Crippen molar-refractivity contribution >= 4 is 23.2 Å². The third-order valence-corrected chi connectivity index (χ3v) is 4.66. The highest BCUT2D eigenvalue weighted by atomic mass is 35.5. The maximum Gasteiger partial charge on any atom is 0.0724 e. The van der Waals surface area contributed by atoms with Gasteiger partial charge in [-0.1, -0.05) is 36.2 Å². The summed E-state index contributed by atoms with van der Waals surface area (Å²) < 4.78 is 5.54. The molecule has 0 aromatic heterocycles. The molecule has 1 saturated carbocycles. The lowest BCUT2D eigenvalue weighted by molar-refractivity contribution is 0.0810. The van der Waals surface area contributed by atoms with Gasteiger partial charge in [0.15, 0.2) is 0 Å². The molecule has 3 atom stereocenters. The molecule has 106 valence electrons. The molecule has 0 aliphatic heterocycles. The maximum absolute atomic E-state index is 6.10. The summed E-state index contributed by atoms with van der Waals surface area (Å²) in [5, 5.41) is 4.93. The fourth-order valence-corrected chi connectivity index (χ4v) is 3.14. The van der Waals surface area contributed by atoms with Gasteiger partial charge in [-0.15, -0.1) is 0 Å². The van der Waals surface area contributed by atoms with Crippen molar-refractivity contribution in [3.63, 3.8) is 0 Å². The number of ether oxygens (including phenoxy) is 1. The number of hydrogen-bond acceptors (Lipinski definition) is 2. The molecule has 0 heterocycles. The van der Waals surface area contributed by atoms with Crippen LogP contribution in [0.2, 0.25) is 10.0 Å². The Morgan fingerprint density at radius 1 is 1.32 bits per heavy atom. The number of methoxy groups -OCH3 is 1. The number of benzene rings is 1. The quantitative estimate of drug-likeness (QED) is 0.858. The minimum atomic E-state index is 0.301. The monoisotopic (exact) mass is 301 g/mol. The molecule has 0 spiro atoms. The molecular weight excluding hydrogens is 281 g/mol. The molecule has 1 aliphatic carbocycles. The largest absolute Gasteiger partial charge is 0.380 e. The minimum absolute atomic E-state index is 0.301. The summed E-state index contributed by atoms with van der Waals surface area (Å²) in [5.74, 6) is 0. The maximum atomic E-state index is 6.10. The Balaban J connectivity index is 2.09. The second kappa shape index (κ2) is 6.94. The van der Waals surface area contributed by atoms with Gasteiger partial charge in [-0.2, -0.15) is 0 Å². The van der Waals surface area contributed by atoms with Crippen molar-refractivity contribution in [3.8, 4) is 0 Å². The van der Waals surface area contributed by atoms with Crippen molar-refractivity contribution in [2.45, 2.75) is 50.8 Å². The predicted molar refractivity (Wildman–Crippen MR) is 81.1 cm³/mol. The normalized spacial score (nSPS) is 24.6. The van der Waals surface area contributed by atoms with Crippen molar-refractivity contribution < 1.29 is 4.74 Å². The van der Waals surface area contributed by atoms with E-state index in [-0.39, 0.29) is 0 Å². The van der Waals surface area contributed by atoms with E-state index in [1.807, 2.05) is 18.2 Å². The highest BCUT2D eigenvalue weighted by molar-refractivity contribution is 6.42. The van der Waals surface area contributed by atoms with E-state index in [0.717, 1.165) is 12.8 Å². The van der Waals surface area contributed by atoms with Crippen LogP contribution in [0.25, 0.3) is 0 Å². The Labute approximate surface area is 125 Å². The van der Waals surface area contributed by atoms with Gasteiger partial charge in [-0.25, -0.2) is 0 Å². The molecule has 1 N–H and O–H groups in total. The Bertz CT molecular complexity index is 425. The molecule has 1 fully saturated rings. The number of hydrogen-bond donors (Lipinski definition) is 1. The average Bonchev–Trinajstić information content (AvgIpc) is 2.86. The zero-order valence-electron chi connectivity index (χ0n) is 11.5. The Kier molecular flexibility index (Phi) is 5.52. The van der Waals surface area contributed by atoms with Crippen LogP contribution < -0.4 is 5.32 Å². The lowest BCUT2D eigenvalue weighted by Gasteiger charge is -2.26. The Hall–Kier alpha value is -0.280. The molecule has 2 rings (SSSR count). The van der Waals surface area contributed by atoms with Crippen molar-refractivity contribution in [1.29, 1.82) is 0 Å². The molecule has 0 bridgehead atoms. The first-order chi connectivity index (χ1) is 9.15. The van der Waals surface area contributed by atoms with Gasteiger partial charge in [0.2, 0.25) is 0 Å². The fraction of sp³-hybridized carbons (Fsp3) is 0.600. The van der Waals surface area contributed by atoms with E-state index in [4.69, 9.17) is 27.9 Å². The first-order valence-electron chi connectivity index (χ1n) is 6.89. The summed E-state index contributed by atoms with van der Waals surface area (Å²) in [6, 6.07) is 6.61. The number of nitrogens with one attached hydrogen (secondary N) is 1. The van der Waals surface area contributed by atoms with E-state index in [0.29, 0.717) is 28.2 Å². The summed E-state index contributed by atoms with van der Waals surface area (Å²) in [4.78, 5) is 0. The molecule has 19 heavy (non-hydrogen) atoms. The van der Waals surface area contributed by atoms with Crippen LogP contribution in [0, 0.1) is 0 Å². The Morgan fingerprint density at radius 3 is 2.74 bits per heavy atom. The lowest BCUT2D eigenvalue weighted by Crippen LogP contribution is -2.39. The standard InChI is InChI=1S/C15H21Cl2NO/c1-3-13(10-7-8-11(16)12(17)9-10)18-14-5-4-6-15(14)19-2/h7-9,13-15,18H,3-6H2,1-2H3. The van der Waals surface area contributed by atoms with Crippen LogP contribution in [-0.4, -0.2) is 19.3 Å². The van der Waals surface area contributed by atoms with E-state index >= 15 is 0 Å². The zero-order chi connectivity index (χ0) is 13.8. The Morgan fingerprint density at radius 2 is 2.11 bits per heavy atom. The molecular formula is C15H21Cl2NO. The third-order valence-electron chi connectivity index (χ3n) is 3.92. The van der Waals surface area contributed by atoms with Crippen molar-refractivity contribution in [3.05, 3.63) is 33.8 Å². The highest BCUT2D eigenvalue weighted by Crippen LogP contribution is 2.29. The lowest BCUT2D eigenvalue weighted by atomic mass is 10.0. The van der Waals surface area contributed by atoms with E-state index < -0.39 is 0 Å². The van der Waals surface area contributed by atoms with E-state index in [2.05, 4.69) is 12.2 Å². The van der Waals surface area contributed by atoms with Gasteiger partial charge in [-0.05, 0) is 43.4 Å². The molecule has 4 heteroatoms. The average molecular weight is 302 g/mol. The molecule has 1 aromatic rings. The summed E-state index contributed by atoms with van der Waals surface area (Å²) in [7, 11) is 1.80. The van der Waals surface area contributed by atoms with E-state index in [1.165, 1.54) is 18.4 Å². The summed E-state index contributed by atoms with van der Waals surface area (Å²) in [6.45, 7) is 2.18. The summed E-state index contributed by atoms with van der Waals surface area (Å²) >= 11 is 12.1. The van der Waals surface area contributed by atoms with Crippen LogP contribution in [0.1, 0.15) is 44.2 Å². The molecule has 0 amide bonds. The molecule has 1 aromatic carbocycles. The summed E-state index contributed by atoms with van der Waals surface area (Å²) in [6.07, 6.45) is 4.90. The van der Waals surface area contributed by atoms with Gasteiger partial charge < -0.3 is 10.1 Å². The van der Waals surface area contributed by atoms with Crippen LogP contribution in [0.15, 0.2) is 18.2 Å². The van der Waals surface area contributed by atoms with Gasteiger partial charge >= 0.3 is 0 Å². The molecule has 1 aliphatic rings. The smallest absolute Gasteiger partial charge is 0.0724 e. The first kappa shape index (κ1) is 15.1. The zero-order valence-corrected chi connectivity index (χ0v) is 13.0. The number of halogens is 2. The molecule has 0 radical (unpaired) electrons. The van der Waals surface area contributed by atoms with Crippen LogP contribution >= 0.6 is 23.2 Å². The van der Waals surface area contributed by atoms with Gasteiger partial charge in [0.1, 0.15) is 0 Å². The van der Waals surface area contributed by atoms with Crippen molar-refractivity contribution in [2.24, 2.45) is 0 Å². The SMILES string of the molecule is CCC(NC1CCCC1OC)c1ccc(Cl)c(Cl)c1. The van der Waals surface area contributed by atoms with Gasteiger partial charge in [-0.3, -0.25) is 0 Å². The first-order valence-corrected chi connectivity index (χ1v) is 7.65. The minimum Gasteiger partial charge on any atom is -0.380 e. The molecule has 3 unspecified atom stereocenters. The van der Waals surface area contributed by atoms with Gasteiger partial charge in [0, 0.05) is 19.2 Å². The van der Waals surface area contributed by atoms with Crippen LogP contribution in [0.3, 0.4) is 0 Å². The molecule has 2 nitrogen and oxygen atoms in total. The number of rotatable bonds is 5. The summed E-state index contributed by atoms with van der Waals surface area (Å²) in [5.41, 5.74) is 1.19. The van der Waals surface area contributed by atoms with Crippen molar-refractivity contribution in [1.82, 2.24) is 5.32 Å².